The minimum absolute atomic E-state index is 0.522. The number of aryl methyl sites for hydroxylation is 1. The van der Waals surface area contributed by atoms with Crippen LogP contribution in [0, 0.1) is 6.92 Å². The van der Waals surface area contributed by atoms with Crippen molar-refractivity contribution in [2.75, 3.05) is 10.6 Å². The molecule has 0 aliphatic carbocycles. The van der Waals surface area contributed by atoms with E-state index in [2.05, 4.69) is 10.6 Å². The van der Waals surface area contributed by atoms with Crippen molar-refractivity contribution in [2.45, 2.75) is 6.92 Å². The first-order valence-corrected chi connectivity index (χ1v) is 8.27. The number of amides is 1. The van der Waals surface area contributed by atoms with E-state index in [1.165, 1.54) is 0 Å². The Hall–Kier alpha value is -3.60. The standard InChI is InChI=1S/C21H17N3O2/c1-13-10-11-14(22-21(25)26)12-19(13)24-20-15-6-2-4-8-17(15)23-18-9-5-3-7-16(18)20/h2-12,22H,1H3,(H,23,24)(H,25,26). The van der Waals surface area contributed by atoms with Crippen LogP contribution in [0.4, 0.5) is 21.9 Å². The van der Waals surface area contributed by atoms with E-state index in [0.717, 1.165) is 38.7 Å². The van der Waals surface area contributed by atoms with Crippen LogP contribution in [0.2, 0.25) is 0 Å². The molecule has 0 saturated heterocycles. The van der Waals surface area contributed by atoms with E-state index in [0.29, 0.717) is 5.69 Å². The van der Waals surface area contributed by atoms with Gasteiger partial charge in [-0.05, 0) is 36.8 Å². The number of aromatic nitrogens is 1. The number of benzene rings is 3. The maximum absolute atomic E-state index is 10.9. The topological polar surface area (TPSA) is 74.2 Å². The highest BCUT2D eigenvalue weighted by Gasteiger charge is 2.11. The van der Waals surface area contributed by atoms with Gasteiger partial charge in [0.15, 0.2) is 0 Å². The molecule has 5 nitrogen and oxygen atoms in total. The summed E-state index contributed by atoms with van der Waals surface area (Å²) in [4.78, 5) is 15.7. The second kappa shape index (κ2) is 6.37. The Balaban J connectivity index is 1.90. The zero-order valence-corrected chi connectivity index (χ0v) is 14.2. The maximum atomic E-state index is 10.9. The highest BCUT2D eigenvalue weighted by molar-refractivity contribution is 6.08. The summed E-state index contributed by atoms with van der Waals surface area (Å²) in [5.74, 6) is 0. The van der Waals surface area contributed by atoms with E-state index < -0.39 is 6.09 Å². The average Bonchev–Trinajstić information content (AvgIpc) is 2.63. The Morgan fingerprint density at radius 2 is 1.54 bits per heavy atom. The molecule has 1 amide bonds. The first-order chi connectivity index (χ1) is 12.6. The van der Waals surface area contributed by atoms with Gasteiger partial charge in [0.05, 0.1) is 16.7 Å². The van der Waals surface area contributed by atoms with Crippen molar-refractivity contribution >= 4 is 45.0 Å². The summed E-state index contributed by atoms with van der Waals surface area (Å²) in [6.45, 7) is 1.98. The second-order valence-electron chi connectivity index (χ2n) is 6.11. The number of hydrogen-bond donors (Lipinski definition) is 3. The Kier molecular flexibility index (Phi) is 3.89. The molecule has 0 radical (unpaired) electrons. The van der Waals surface area contributed by atoms with Crippen molar-refractivity contribution < 1.29 is 9.90 Å². The Bertz CT molecular complexity index is 1080. The van der Waals surface area contributed by atoms with Crippen LogP contribution in [0.3, 0.4) is 0 Å². The molecule has 3 aromatic carbocycles. The van der Waals surface area contributed by atoms with Crippen molar-refractivity contribution in [1.82, 2.24) is 4.98 Å². The second-order valence-corrected chi connectivity index (χ2v) is 6.11. The Morgan fingerprint density at radius 1 is 0.923 bits per heavy atom. The number of nitrogens with zero attached hydrogens (tertiary/aromatic N) is 1. The average molecular weight is 343 g/mol. The summed E-state index contributed by atoms with van der Waals surface area (Å²) < 4.78 is 0. The predicted molar refractivity (Wildman–Crippen MR) is 105 cm³/mol. The summed E-state index contributed by atoms with van der Waals surface area (Å²) >= 11 is 0. The smallest absolute Gasteiger partial charge is 0.409 e. The van der Waals surface area contributed by atoms with Gasteiger partial charge in [-0.3, -0.25) is 5.32 Å². The maximum Gasteiger partial charge on any atom is 0.409 e. The van der Waals surface area contributed by atoms with E-state index >= 15 is 0 Å². The molecule has 128 valence electrons. The van der Waals surface area contributed by atoms with Gasteiger partial charge in [0.2, 0.25) is 0 Å². The van der Waals surface area contributed by atoms with Crippen LogP contribution in [0.15, 0.2) is 66.7 Å². The van der Waals surface area contributed by atoms with Crippen LogP contribution in [0.1, 0.15) is 5.56 Å². The van der Waals surface area contributed by atoms with Gasteiger partial charge in [0.1, 0.15) is 0 Å². The van der Waals surface area contributed by atoms with Crippen LogP contribution in [0.25, 0.3) is 21.8 Å². The number of fused-ring (bicyclic) bond motifs is 2. The van der Waals surface area contributed by atoms with Crippen molar-refractivity contribution in [3.63, 3.8) is 0 Å². The number of carboxylic acid groups (broad SMARTS) is 1. The van der Waals surface area contributed by atoms with Gasteiger partial charge in [-0.2, -0.15) is 0 Å². The van der Waals surface area contributed by atoms with Crippen LogP contribution in [-0.4, -0.2) is 16.2 Å². The normalized spacial score (nSPS) is 10.8. The minimum Gasteiger partial charge on any atom is -0.465 e. The fourth-order valence-corrected chi connectivity index (χ4v) is 3.07. The Morgan fingerprint density at radius 3 is 2.15 bits per heavy atom. The van der Waals surface area contributed by atoms with E-state index in [4.69, 9.17) is 10.1 Å². The van der Waals surface area contributed by atoms with Crippen molar-refractivity contribution in [3.8, 4) is 0 Å². The van der Waals surface area contributed by atoms with Crippen LogP contribution < -0.4 is 10.6 Å². The lowest BCUT2D eigenvalue weighted by Gasteiger charge is -2.16. The fraction of sp³-hybridized carbons (Fsp3) is 0.0476. The fourth-order valence-electron chi connectivity index (χ4n) is 3.07. The predicted octanol–water partition coefficient (Wildman–Crippen LogP) is 5.53. The summed E-state index contributed by atoms with van der Waals surface area (Å²) in [7, 11) is 0. The summed E-state index contributed by atoms with van der Waals surface area (Å²) in [5, 5.41) is 16.9. The number of pyridine rings is 1. The highest BCUT2D eigenvalue weighted by Crippen LogP contribution is 2.34. The lowest BCUT2D eigenvalue weighted by atomic mass is 10.1. The molecular formula is C21H17N3O2. The molecule has 26 heavy (non-hydrogen) atoms. The molecule has 0 aliphatic rings. The molecule has 0 fully saturated rings. The summed E-state index contributed by atoms with van der Waals surface area (Å²) in [6.07, 6.45) is -1.08. The van der Waals surface area contributed by atoms with Crippen LogP contribution in [-0.2, 0) is 0 Å². The van der Waals surface area contributed by atoms with Gasteiger partial charge in [-0.1, -0.05) is 42.5 Å². The third kappa shape index (κ3) is 2.91. The van der Waals surface area contributed by atoms with Gasteiger partial charge in [-0.25, -0.2) is 9.78 Å². The van der Waals surface area contributed by atoms with E-state index in [1.54, 1.807) is 12.1 Å². The van der Waals surface area contributed by atoms with Gasteiger partial charge in [0.25, 0.3) is 0 Å². The lowest BCUT2D eigenvalue weighted by molar-refractivity contribution is 0.210. The monoisotopic (exact) mass is 343 g/mol. The number of para-hydroxylation sites is 2. The molecule has 0 spiro atoms. The van der Waals surface area contributed by atoms with E-state index in [9.17, 15) is 4.79 Å². The molecule has 5 heteroatoms. The van der Waals surface area contributed by atoms with Gasteiger partial charge >= 0.3 is 6.09 Å². The molecule has 1 aromatic heterocycles. The molecule has 0 atom stereocenters. The van der Waals surface area contributed by atoms with Crippen molar-refractivity contribution in [2.24, 2.45) is 0 Å². The molecule has 0 saturated carbocycles. The highest BCUT2D eigenvalue weighted by atomic mass is 16.4. The number of nitrogens with one attached hydrogen (secondary N) is 2. The molecular weight excluding hydrogens is 326 g/mol. The largest absolute Gasteiger partial charge is 0.465 e. The first kappa shape index (κ1) is 15.9. The zero-order valence-electron chi connectivity index (χ0n) is 14.2. The third-order valence-electron chi connectivity index (χ3n) is 4.34. The molecule has 1 heterocycles. The van der Waals surface area contributed by atoms with E-state index in [-0.39, 0.29) is 0 Å². The van der Waals surface area contributed by atoms with Crippen molar-refractivity contribution in [1.29, 1.82) is 0 Å². The SMILES string of the molecule is Cc1ccc(NC(=O)O)cc1Nc1c2ccccc2nc2ccccc12. The molecule has 0 bridgehead atoms. The first-order valence-electron chi connectivity index (χ1n) is 8.27. The molecule has 0 aliphatic heterocycles. The molecule has 3 N–H and O–H groups in total. The third-order valence-corrected chi connectivity index (χ3v) is 4.34. The number of carbonyl (C=O) groups is 1. The van der Waals surface area contributed by atoms with Crippen LogP contribution >= 0.6 is 0 Å². The van der Waals surface area contributed by atoms with Crippen molar-refractivity contribution in [3.05, 3.63) is 72.3 Å². The zero-order chi connectivity index (χ0) is 18.1. The van der Waals surface area contributed by atoms with Gasteiger partial charge in [-0.15, -0.1) is 0 Å². The summed E-state index contributed by atoms with van der Waals surface area (Å²) in [6, 6.07) is 21.4. The van der Waals surface area contributed by atoms with Gasteiger partial charge in [0, 0.05) is 22.1 Å². The number of anilines is 3. The quantitative estimate of drug-likeness (QED) is 0.428. The van der Waals surface area contributed by atoms with E-state index in [1.807, 2.05) is 61.5 Å². The summed E-state index contributed by atoms with van der Waals surface area (Å²) in [5.41, 5.74) is 5.16. The number of rotatable bonds is 3. The van der Waals surface area contributed by atoms with Gasteiger partial charge < -0.3 is 10.4 Å². The number of hydrogen-bond acceptors (Lipinski definition) is 3. The molecule has 4 rings (SSSR count). The Labute approximate surface area is 150 Å². The van der Waals surface area contributed by atoms with Crippen LogP contribution in [0.5, 0.6) is 0 Å². The minimum atomic E-state index is -1.08. The molecule has 4 aromatic rings. The lowest BCUT2D eigenvalue weighted by Crippen LogP contribution is -2.07. The molecule has 0 unspecified atom stereocenters.